The highest BCUT2D eigenvalue weighted by molar-refractivity contribution is 9.11. The number of nitrogens with two attached hydrogens (primary N) is 1. The Hall–Kier alpha value is -9.62. The highest BCUT2D eigenvalue weighted by Crippen LogP contribution is 2.61. The van der Waals surface area contributed by atoms with Crippen molar-refractivity contribution in [1.82, 2.24) is 34.9 Å². The molecule has 8 heterocycles. The Morgan fingerprint density at radius 1 is 0.532 bits per heavy atom. The zero-order valence-corrected chi connectivity index (χ0v) is 79.8. The number of halogens is 10. The van der Waals surface area contributed by atoms with Crippen LogP contribution in [-0.4, -0.2) is 124 Å². The van der Waals surface area contributed by atoms with Crippen molar-refractivity contribution in [2.75, 3.05) is 30.9 Å². The number of benzene rings is 7. The molecule has 15 rings (SSSR count). The quantitative estimate of drug-likeness (QED) is 0.00793. The molecule has 0 saturated heterocycles. The van der Waals surface area contributed by atoms with Crippen LogP contribution < -0.4 is 38.3 Å². The molecule has 0 radical (unpaired) electrons. The maximum atomic E-state index is 12.1. The Labute approximate surface area is 782 Å². The number of anilines is 2. The van der Waals surface area contributed by atoms with Crippen LogP contribution in [0.5, 0.6) is 0 Å². The number of aromatic carboxylic acids is 1. The summed E-state index contributed by atoms with van der Waals surface area (Å²) >= 11 is 41.2. The number of pyridine rings is 7. The number of amides is 1. The van der Waals surface area contributed by atoms with Crippen molar-refractivity contribution < 1.29 is 68.0 Å². The van der Waals surface area contributed by atoms with Crippen LogP contribution in [0, 0.1) is 0 Å². The molecule has 8 aromatic heterocycles. The monoisotopic (exact) mass is 2180 g/mol. The molecule has 0 saturated carbocycles. The standard InChI is InChI=1S/C14H9BrN2.C12H10BrNO3.C10H10BNO3S.C10H6BrNO3.C9H5BrClN.C9H6BrNO.C9H14O4.C6H6BrN.C5H6BNO2.Cl3OP/c15-11-1-2-14-13(9-11)12(5-8-17-14)10-3-6-16-7-4-10;1-2-17-12(16)9-6-14-10-4-3-7(13)5-8(10)11(9)15;1-6(13)12-10-4-7-2-3-8(11(14)15)5-9(7)16-10;11-5-1-2-8-6(3-5)9(13)7(4-12-8)10(14)15;10-6-1-2-9-7(5-6)8(11)3-4-12-9;10-6-1-2-8-7(5-6)9(12)3-4-11-8;1-4-12-6-8(7(3)10)9(11)13-5-2;7-5-1-3-6(8)4-2-5;8-6(9)5-1-3-7-4-2-5;1-5(2,3)4/h1-9H;3-6H,2H2,1H3,(H,14,15);2-5,14-15H,1H3,(H,12,13);1-4H,(H,12,13)(H,14,15);1-5H;1-5H,(H,11,12);6H,4-5H2,1-3H3;1-4H,8H2;1-4,8-9H;/b;;;;;;8-6+;;;. The first-order valence-corrected chi connectivity index (χ1v) is 46.3. The number of hydrogen-bond donors (Lipinski definition) is 10. The second-order valence-electron chi connectivity index (χ2n) is 24.5. The van der Waals surface area contributed by atoms with Crippen molar-refractivity contribution in [2.45, 2.75) is 34.6 Å². The topological polar surface area (TPSA) is 419 Å². The van der Waals surface area contributed by atoms with E-state index in [4.69, 9.17) is 52.0 Å². The number of rotatable bonds is 12. The van der Waals surface area contributed by atoms with E-state index in [1.165, 1.54) is 61.6 Å². The number of nitrogen functional groups attached to an aromatic ring is 1. The SMILES string of the molecule is Brc1ccc2nccc(-c3ccncc3)c2c1.CC(=O)Nc1cc2ccc(B(O)O)cc2s1.CCO/C=C(\C(C)=O)C(=O)OCC.CCOC(=O)c1c[nH]c2ccc(Br)cc2c1=O.Clc1ccnc2ccc(Br)cc12.Nc1ccc(Br)cc1.O=C(O)c1c[nH]c2ccc(Br)cc2c1=O.O=P(Cl)(Cl)Cl.O=c1cc[nH]c2ccc(Br)cc12.OB(O)c1ccncc1. The Balaban J connectivity index is 0.000000216. The summed E-state index contributed by atoms with van der Waals surface area (Å²) in [4.78, 5) is 115. The highest BCUT2D eigenvalue weighted by Gasteiger charge is 2.18. The Morgan fingerprint density at radius 3 is 1.49 bits per heavy atom. The first-order chi connectivity index (χ1) is 58.9. The molecular weight excluding hydrogens is 2110 g/mol. The van der Waals surface area contributed by atoms with Crippen LogP contribution in [-0.2, 0) is 33.2 Å². The normalized spacial score (nSPS) is 10.4. The van der Waals surface area contributed by atoms with Gasteiger partial charge in [-0.15, -0.1) is 11.3 Å². The summed E-state index contributed by atoms with van der Waals surface area (Å²) in [6.07, 6.45) is 15.6. The summed E-state index contributed by atoms with van der Waals surface area (Å²) < 4.78 is 30.3. The first-order valence-electron chi connectivity index (χ1n) is 36.0. The van der Waals surface area contributed by atoms with Crippen molar-refractivity contribution in [3.05, 3.63) is 323 Å². The summed E-state index contributed by atoms with van der Waals surface area (Å²) in [7, 11) is -2.84. The molecule has 0 aliphatic carbocycles. The largest absolute Gasteiger partial charge is 0.500 e. The van der Waals surface area contributed by atoms with Gasteiger partial charge in [-0.3, -0.25) is 48.5 Å². The Kier molecular flexibility index (Phi) is 43.6. The second-order valence-corrected chi connectivity index (χ2v) is 38.2. The lowest BCUT2D eigenvalue weighted by Crippen LogP contribution is -2.29. The molecule has 11 N–H and O–H groups in total. The zero-order chi connectivity index (χ0) is 91.3. The van der Waals surface area contributed by atoms with E-state index in [9.17, 15) is 42.9 Å². The van der Waals surface area contributed by atoms with Gasteiger partial charge in [-0.2, -0.15) is 0 Å². The summed E-state index contributed by atoms with van der Waals surface area (Å²) in [5, 5.41) is 49.5. The summed E-state index contributed by atoms with van der Waals surface area (Å²) in [6, 6.07) is 54.9. The molecule has 40 heteroatoms. The maximum absolute atomic E-state index is 12.1. The van der Waals surface area contributed by atoms with Gasteiger partial charge in [0.15, 0.2) is 11.2 Å². The number of aromatic amines is 3. The number of H-pyrrole nitrogens is 3. The Bertz CT molecular complexity index is 6430. The number of carboxylic acids is 1. The number of nitrogens with zero attached hydrogens (tertiary/aromatic N) is 4. The van der Waals surface area contributed by atoms with E-state index in [0.717, 1.165) is 91.8 Å². The predicted molar refractivity (Wildman–Crippen MR) is 518 cm³/mol. The third-order valence-electron chi connectivity index (χ3n) is 15.7. The van der Waals surface area contributed by atoms with Gasteiger partial charge in [0.2, 0.25) is 16.8 Å². The molecule has 642 valence electrons. The lowest BCUT2D eigenvalue weighted by atomic mass is 9.80. The van der Waals surface area contributed by atoms with Crippen LogP contribution in [0.3, 0.4) is 0 Å². The van der Waals surface area contributed by atoms with Crippen LogP contribution in [0.2, 0.25) is 5.02 Å². The number of hydrogen-bond acceptors (Lipinski definition) is 22. The Morgan fingerprint density at radius 2 is 1.00 bits per heavy atom. The smallest absolute Gasteiger partial charge is 0.488 e. The van der Waals surface area contributed by atoms with Crippen LogP contribution in [0.4, 0.5) is 10.7 Å². The molecule has 0 atom stereocenters. The van der Waals surface area contributed by atoms with E-state index in [2.05, 4.69) is 180 Å². The molecule has 124 heavy (non-hydrogen) atoms. The van der Waals surface area contributed by atoms with E-state index >= 15 is 0 Å². The fourth-order valence-corrected chi connectivity index (χ4v) is 13.5. The van der Waals surface area contributed by atoms with Crippen LogP contribution in [0.25, 0.3) is 75.7 Å². The molecule has 0 bridgehead atoms. The van der Waals surface area contributed by atoms with Gasteiger partial charge < -0.3 is 65.4 Å². The number of esters is 2. The number of Topliss-reactive ketones (excluding diaryl/α,β-unsaturated/α-hetero) is 1. The van der Waals surface area contributed by atoms with E-state index in [1.54, 1.807) is 112 Å². The maximum Gasteiger partial charge on any atom is 0.488 e. The van der Waals surface area contributed by atoms with Gasteiger partial charge in [-0.25, -0.2) is 14.4 Å². The number of ketones is 1. The molecule has 0 aliphatic heterocycles. The van der Waals surface area contributed by atoms with Crippen molar-refractivity contribution in [2.24, 2.45) is 0 Å². The minimum atomic E-state index is -3.22. The number of ether oxygens (including phenoxy) is 3. The summed E-state index contributed by atoms with van der Waals surface area (Å²) in [6.45, 7) is 8.79. The number of carbonyl (C=O) groups excluding carboxylic acids is 4. The first kappa shape index (κ1) is 103. The zero-order valence-electron chi connectivity index (χ0n) is 65.5. The lowest BCUT2D eigenvalue weighted by Gasteiger charge is -2.06. The molecule has 0 fully saturated rings. The summed E-state index contributed by atoms with van der Waals surface area (Å²) in [5.41, 5.74) is 12.5. The van der Waals surface area contributed by atoms with Crippen LogP contribution >= 0.6 is 157 Å². The fraction of sp³-hybridized carbons (Fsp3) is 0.0952. The molecule has 26 nitrogen and oxygen atoms in total. The van der Waals surface area contributed by atoms with Gasteiger partial charge in [0.1, 0.15) is 23.0 Å². The molecule has 0 spiro atoms. The molecule has 15 aromatic rings. The lowest BCUT2D eigenvalue weighted by molar-refractivity contribution is -0.140. The summed E-state index contributed by atoms with van der Waals surface area (Å²) in [5.74, 6) is -2.93. The number of aromatic nitrogens is 7. The molecule has 0 unspecified atom stereocenters. The van der Waals surface area contributed by atoms with E-state index in [-0.39, 0.29) is 52.5 Å². The van der Waals surface area contributed by atoms with Gasteiger partial charge >= 0.3 is 37.3 Å². The molecule has 1 amide bonds. The molecule has 7 aromatic carbocycles. The van der Waals surface area contributed by atoms with Gasteiger partial charge in [0.05, 0.1) is 40.9 Å². The number of fused-ring (bicyclic) bond motifs is 6. The van der Waals surface area contributed by atoms with E-state index in [1.807, 2.05) is 109 Å². The van der Waals surface area contributed by atoms with Gasteiger partial charge in [-0.05, 0) is 253 Å². The number of thiophene rings is 1. The fourth-order valence-electron chi connectivity index (χ4n) is 10.1. The van der Waals surface area contributed by atoms with Crippen molar-refractivity contribution in [1.29, 1.82) is 0 Å². The third-order valence-corrected chi connectivity index (χ3v) is 20.1. The third kappa shape index (κ3) is 34.7. The predicted octanol–water partition coefficient (Wildman–Crippen LogP) is 19.7. The minimum Gasteiger partial charge on any atom is -0.500 e. The minimum absolute atomic E-state index is 0.0254. The van der Waals surface area contributed by atoms with Crippen molar-refractivity contribution >= 4 is 287 Å². The van der Waals surface area contributed by atoms with Gasteiger partial charge in [-0.1, -0.05) is 119 Å². The second kappa shape index (κ2) is 52.4. The van der Waals surface area contributed by atoms with E-state index in [0.29, 0.717) is 44.7 Å². The number of carboxylic acid groups (broad SMARTS) is 1. The van der Waals surface area contributed by atoms with Gasteiger partial charge in [0.25, 0.3) is 0 Å². The highest BCUT2D eigenvalue weighted by atomic mass is 79.9. The number of nitrogens with one attached hydrogen (secondary N) is 4. The average Bonchev–Trinajstić information content (AvgIpc) is 1.21. The molecule has 0 aliphatic rings. The van der Waals surface area contributed by atoms with Crippen molar-refractivity contribution in [3.8, 4) is 11.1 Å². The van der Waals surface area contributed by atoms with E-state index < -0.39 is 42.8 Å². The van der Waals surface area contributed by atoms with Crippen LogP contribution in [0.15, 0.2) is 291 Å². The van der Waals surface area contributed by atoms with Crippen LogP contribution in [0.1, 0.15) is 55.3 Å². The molecular formula is C84H72B2Br6Cl4N9O17PS. The number of carbonyl (C=O) groups is 5. The van der Waals surface area contributed by atoms with Crippen molar-refractivity contribution in [3.63, 3.8) is 0 Å². The van der Waals surface area contributed by atoms with Gasteiger partial charge in [0, 0.05) is 149 Å². The average molecular weight is 2190 g/mol.